The standard InChI is InChI=1S/C20H22N2O4/c1-4-25-18-9-6-14(12-19(18)26-5-2)21-20(23)17-11-13-10-15(24-3)7-8-16(13)22-17/h6-12,22H,4-5H2,1-3H3,(H,21,23). The summed E-state index contributed by atoms with van der Waals surface area (Å²) in [6.07, 6.45) is 0. The smallest absolute Gasteiger partial charge is 0.272 e. The minimum atomic E-state index is -0.230. The van der Waals surface area contributed by atoms with Crippen LogP contribution in [0.2, 0.25) is 0 Å². The number of carbonyl (C=O) groups excluding carboxylic acids is 1. The number of ether oxygens (including phenoxy) is 3. The van der Waals surface area contributed by atoms with Crippen molar-refractivity contribution < 1.29 is 19.0 Å². The highest BCUT2D eigenvalue weighted by Gasteiger charge is 2.12. The van der Waals surface area contributed by atoms with Gasteiger partial charge >= 0.3 is 0 Å². The van der Waals surface area contributed by atoms with E-state index in [0.717, 1.165) is 16.7 Å². The van der Waals surface area contributed by atoms with Gasteiger partial charge in [0, 0.05) is 22.7 Å². The van der Waals surface area contributed by atoms with Crippen LogP contribution in [0.25, 0.3) is 10.9 Å². The van der Waals surface area contributed by atoms with Gasteiger partial charge in [-0.05, 0) is 50.2 Å². The molecule has 1 aromatic heterocycles. The molecule has 0 radical (unpaired) electrons. The average Bonchev–Trinajstić information content (AvgIpc) is 3.07. The van der Waals surface area contributed by atoms with E-state index in [1.165, 1.54) is 0 Å². The SMILES string of the molecule is CCOc1ccc(NC(=O)c2cc3cc(OC)ccc3[nH]2)cc1OCC. The predicted molar refractivity (Wildman–Crippen MR) is 102 cm³/mol. The van der Waals surface area contributed by atoms with Crippen molar-refractivity contribution in [1.82, 2.24) is 4.98 Å². The molecule has 0 atom stereocenters. The fourth-order valence-electron chi connectivity index (χ4n) is 2.69. The third-order valence-corrected chi connectivity index (χ3v) is 3.87. The first-order valence-corrected chi connectivity index (χ1v) is 8.52. The van der Waals surface area contributed by atoms with Crippen LogP contribution in [-0.4, -0.2) is 31.2 Å². The molecule has 1 heterocycles. The van der Waals surface area contributed by atoms with E-state index in [2.05, 4.69) is 10.3 Å². The van der Waals surface area contributed by atoms with Gasteiger partial charge in [-0.3, -0.25) is 4.79 Å². The molecule has 0 aliphatic carbocycles. The van der Waals surface area contributed by atoms with Crippen LogP contribution in [0.4, 0.5) is 5.69 Å². The van der Waals surface area contributed by atoms with Gasteiger partial charge in [0.1, 0.15) is 11.4 Å². The van der Waals surface area contributed by atoms with Gasteiger partial charge in [-0.1, -0.05) is 0 Å². The Labute approximate surface area is 152 Å². The molecule has 2 N–H and O–H groups in total. The van der Waals surface area contributed by atoms with Gasteiger partial charge in [-0.2, -0.15) is 0 Å². The Kier molecular flexibility index (Phi) is 5.31. The van der Waals surface area contributed by atoms with E-state index in [4.69, 9.17) is 14.2 Å². The molecule has 1 amide bonds. The van der Waals surface area contributed by atoms with Gasteiger partial charge in [0.15, 0.2) is 11.5 Å². The summed E-state index contributed by atoms with van der Waals surface area (Å²) in [5, 5.41) is 3.79. The highest BCUT2D eigenvalue weighted by molar-refractivity contribution is 6.06. The number of carbonyl (C=O) groups is 1. The van der Waals surface area contributed by atoms with E-state index in [1.807, 2.05) is 32.0 Å². The lowest BCUT2D eigenvalue weighted by Gasteiger charge is -2.12. The van der Waals surface area contributed by atoms with Gasteiger partial charge in [0.25, 0.3) is 5.91 Å². The molecular formula is C20H22N2O4. The summed E-state index contributed by atoms with van der Waals surface area (Å²) in [4.78, 5) is 15.7. The second-order valence-electron chi connectivity index (χ2n) is 5.62. The summed E-state index contributed by atoms with van der Waals surface area (Å²) in [6, 6.07) is 12.8. The number of rotatable bonds is 7. The molecule has 0 aliphatic rings. The van der Waals surface area contributed by atoms with E-state index in [1.54, 1.807) is 31.4 Å². The number of amides is 1. The lowest BCUT2D eigenvalue weighted by molar-refractivity contribution is 0.102. The summed E-state index contributed by atoms with van der Waals surface area (Å²) >= 11 is 0. The van der Waals surface area contributed by atoms with Crippen molar-refractivity contribution in [3.8, 4) is 17.2 Å². The van der Waals surface area contributed by atoms with Crippen LogP contribution in [0.5, 0.6) is 17.2 Å². The molecular weight excluding hydrogens is 332 g/mol. The average molecular weight is 354 g/mol. The summed E-state index contributed by atoms with van der Waals surface area (Å²) in [7, 11) is 1.61. The second kappa shape index (κ2) is 7.82. The molecule has 6 nitrogen and oxygen atoms in total. The highest BCUT2D eigenvalue weighted by atomic mass is 16.5. The molecule has 0 aliphatic heterocycles. The van der Waals surface area contributed by atoms with Crippen LogP contribution in [0, 0.1) is 0 Å². The van der Waals surface area contributed by atoms with Crippen molar-refractivity contribution in [3.05, 3.63) is 48.2 Å². The van der Waals surface area contributed by atoms with E-state index >= 15 is 0 Å². The van der Waals surface area contributed by atoms with Gasteiger partial charge < -0.3 is 24.5 Å². The van der Waals surface area contributed by atoms with Crippen LogP contribution < -0.4 is 19.5 Å². The number of anilines is 1. The fraction of sp³-hybridized carbons (Fsp3) is 0.250. The molecule has 136 valence electrons. The van der Waals surface area contributed by atoms with E-state index in [9.17, 15) is 4.79 Å². The molecule has 0 spiro atoms. The van der Waals surface area contributed by atoms with Crippen molar-refractivity contribution in [2.75, 3.05) is 25.6 Å². The Bertz CT molecular complexity index is 917. The lowest BCUT2D eigenvalue weighted by Crippen LogP contribution is -2.12. The van der Waals surface area contributed by atoms with E-state index in [-0.39, 0.29) is 5.91 Å². The van der Waals surface area contributed by atoms with Crippen molar-refractivity contribution in [2.45, 2.75) is 13.8 Å². The maximum Gasteiger partial charge on any atom is 0.272 e. The predicted octanol–water partition coefficient (Wildman–Crippen LogP) is 4.23. The number of fused-ring (bicyclic) bond motifs is 1. The number of hydrogen-bond donors (Lipinski definition) is 2. The molecule has 0 saturated carbocycles. The maximum absolute atomic E-state index is 12.6. The van der Waals surface area contributed by atoms with Crippen LogP contribution in [0.15, 0.2) is 42.5 Å². The normalized spacial score (nSPS) is 10.6. The van der Waals surface area contributed by atoms with Gasteiger partial charge in [0.2, 0.25) is 0 Å². The molecule has 0 saturated heterocycles. The van der Waals surface area contributed by atoms with E-state index in [0.29, 0.717) is 36.1 Å². The monoisotopic (exact) mass is 354 g/mol. The third kappa shape index (κ3) is 3.74. The molecule has 3 aromatic rings. The summed E-state index contributed by atoms with van der Waals surface area (Å²) in [6.45, 7) is 4.88. The summed E-state index contributed by atoms with van der Waals surface area (Å²) in [5.74, 6) is 1.78. The summed E-state index contributed by atoms with van der Waals surface area (Å²) in [5.41, 5.74) is 1.98. The molecule has 0 unspecified atom stereocenters. The van der Waals surface area contributed by atoms with Gasteiger partial charge in [-0.15, -0.1) is 0 Å². The zero-order chi connectivity index (χ0) is 18.5. The fourth-order valence-corrected chi connectivity index (χ4v) is 2.69. The first kappa shape index (κ1) is 17.7. The number of methoxy groups -OCH3 is 1. The first-order valence-electron chi connectivity index (χ1n) is 8.52. The maximum atomic E-state index is 12.6. The topological polar surface area (TPSA) is 72.6 Å². The Morgan fingerprint density at radius 1 is 1.00 bits per heavy atom. The largest absolute Gasteiger partial charge is 0.497 e. The van der Waals surface area contributed by atoms with Crippen molar-refractivity contribution >= 4 is 22.5 Å². The molecule has 6 heteroatoms. The van der Waals surface area contributed by atoms with Crippen LogP contribution in [-0.2, 0) is 0 Å². The zero-order valence-corrected chi connectivity index (χ0v) is 15.1. The first-order chi connectivity index (χ1) is 12.6. The van der Waals surface area contributed by atoms with Crippen LogP contribution in [0.1, 0.15) is 24.3 Å². The summed E-state index contributed by atoms with van der Waals surface area (Å²) < 4.78 is 16.3. The number of benzene rings is 2. The van der Waals surface area contributed by atoms with Gasteiger partial charge in [0.05, 0.1) is 20.3 Å². The number of hydrogen-bond acceptors (Lipinski definition) is 4. The number of aromatic nitrogens is 1. The van der Waals surface area contributed by atoms with Crippen LogP contribution >= 0.6 is 0 Å². The second-order valence-corrected chi connectivity index (χ2v) is 5.62. The van der Waals surface area contributed by atoms with Crippen molar-refractivity contribution in [2.24, 2.45) is 0 Å². The number of aromatic amines is 1. The quantitative estimate of drug-likeness (QED) is 0.666. The highest BCUT2D eigenvalue weighted by Crippen LogP contribution is 2.31. The number of nitrogens with one attached hydrogen (secondary N) is 2. The van der Waals surface area contributed by atoms with Crippen molar-refractivity contribution in [1.29, 1.82) is 0 Å². The molecule has 0 bridgehead atoms. The molecule has 2 aromatic carbocycles. The number of H-pyrrole nitrogens is 1. The minimum Gasteiger partial charge on any atom is -0.497 e. The van der Waals surface area contributed by atoms with Crippen molar-refractivity contribution in [3.63, 3.8) is 0 Å². The Hall–Kier alpha value is -3.15. The zero-order valence-electron chi connectivity index (χ0n) is 15.1. The van der Waals surface area contributed by atoms with Crippen LogP contribution in [0.3, 0.4) is 0 Å². The van der Waals surface area contributed by atoms with Gasteiger partial charge in [-0.25, -0.2) is 0 Å². The third-order valence-electron chi connectivity index (χ3n) is 3.87. The molecule has 3 rings (SSSR count). The minimum absolute atomic E-state index is 0.230. The molecule has 0 fully saturated rings. The Balaban J connectivity index is 1.82. The Morgan fingerprint density at radius 2 is 1.77 bits per heavy atom. The lowest BCUT2D eigenvalue weighted by atomic mass is 10.2. The van der Waals surface area contributed by atoms with E-state index < -0.39 is 0 Å². The Morgan fingerprint density at radius 3 is 2.50 bits per heavy atom. The molecule has 26 heavy (non-hydrogen) atoms.